The minimum Gasteiger partial charge on any atom is -0.491 e. The van der Waals surface area contributed by atoms with E-state index in [2.05, 4.69) is 44.6 Å². The number of piperazine rings is 1. The fourth-order valence-electron chi connectivity index (χ4n) is 5.12. The highest BCUT2D eigenvalue weighted by atomic mass is 16.5. The average molecular weight is 495 g/mol. The van der Waals surface area contributed by atoms with Crippen molar-refractivity contribution < 1.29 is 9.53 Å². The van der Waals surface area contributed by atoms with Crippen molar-refractivity contribution >= 4 is 11.6 Å². The third-order valence-electron chi connectivity index (χ3n) is 7.11. The second kappa shape index (κ2) is 10.1. The van der Waals surface area contributed by atoms with E-state index in [4.69, 9.17) is 4.74 Å². The van der Waals surface area contributed by atoms with Gasteiger partial charge in [-0.05, 0) is 31.3 Å². The van der Waals surface area contributed by atoms with Gasteiger partial charge in [0.15, 0.2) is 5.69 Å². The number of carbonyl (C=O) groups excluding carboxylic acids is 1. The SMILES string of the molecule is CN1CCN(c2cccc3c2C[C@H](NC(=O)c2nnn(-c4ccccc4)c2-c2ccccc2)CO3)CC1. The van der Waals surface area contributed by atoms with Gasteiger partial charge in [0, 0.05) is 49.4 Å². The minimum atomic E-state index is -0.254. The summed E-state index contributed by atoms with van der Waals surface area (Å²) in [6.07, 6.45) is 0.705. The molecule has 8 heteroatoms. The second-order valence-electron chi connectivity index (χ2n) is 9.63. The monoisotopic (exact) mass is 494 g/mol. The molecule has 3 heterocycles. The van der Waals surface area contributed by atoms with E-state index in [0.717, 1.165) is 48.7 Å². The molecule has 1 saturated heterocycles. The van der Waals surface area contributed by atoms with Gasteiger partial charge in [0.25, 0.3) is 5.91 Å². The number of rotatable bonds is 5. The van der Waals surface area contributed by atoms with Crippen LogP contribution in [0.25, 0.3) is 16.9 Å². The molecule has 2 aliphatic heterocycles. The summed E-state index contributed by atoms with van der Waals surface area (Å²) in [5, 5.41) is 11.9. The van der Waals surface area contributed by atoms with Crippen LogP contribution in [0.2, 0.25) is 0 Å². The fraction of sp³-hybridized carbons (Fsp3) is 0.276. The summed E-state index contributed by atoms with van der Waals surface area (Å²) >= 11 is 0. The number of likely N-dealkylation sites (N-methyl/N-ethyl adjacent to an activating group) is 1. The highest BCUT2D eigenvalue weighted by molar-refractivity contribution is 5.98. The van der Waals surface area contributed by atoms with Gasteiger partial charge in [0.2, 0.25) is 0 Å². The van der Waals surface area contributed by atoms with Gasteiger partial charge >= 0.3 is 0 Å². The third kappa shape index (κ3) is 4.68. The summed E-state index contributed by atoms with van der Waals surface area (Å²) in [6.45, 7) is 4.44. The summed E-state index contributed by atoms with van der Waals surface area (Å²) in [7, 11) is 2.16. The Bertz CT molecular complexity index is 1380. The van der Waals surface area contributed by atoms with E-state index in [1.807, 2.05) is 66.7 Å². The molecule has 0 saturated carbocycles. The van der Waals surface area contributed by atoms with Crippen LogP contribution >= 0.6 is 0 Å². The van der Waals surface area contributed by atoms with Crippen LogP contribution in [0.1, 0.15) is 16.1 Å². The molecule has 3 aromatic carbocycles. The molecule has 6 rings (SSSR count). The Kier molecular flexibility index (Phi) is 6.32. The lowest BCUT2D eigenvalue weighted by atomic mass is 9.99. The Balaban J connectivity index is 1.27. The van der Waals surface area contributed by atoms with E-state index in [1.54, 1.807) is 4.68 Å². The first-order chi connectivity index (χ1) is 18.2. The van der Waals surface area contributed by atoms with Crippen LogP contribution in [0.4, 0.5) is 5.69 Å². The zero-order valence-electron chi connectivity index (χ0n) is 20.9. The molecule has 2 aliphatic rings. The van der Waals surface area contributed by atoms with E-state index in [1.165, 1.54) is 5.69 Å². The van der Waals surface area contributed by atoms with Gasteiger partial charge in [-0.1, -0.05) is 59.8 Å². The maximum absolute atomic E-state index is 13.6. The molecular weight excluding hydrogens is 464 g/mol. The van der Waals surface area contributed by atoms with Gasteiger partial charge in [0.1, 0.15) is 18.1 Å². The average Bonchev–Trinajstić information content (AvgIpc) is 3.40. The van der Waals surface area contributed by atoms with Crippen molar-refractivity contribution in [3.8, 4) is 22.7 Å². The molecule has 0 unspecified atom stereocenters. The van der Waals surface area contributed by atoms with Crippen LogP contribution in [-0.2, 0) is 6.42 Å². The number of nitrogens with one attached hydrogen (secondary N) is 1. The number of ether oxygens (including phenoxy) is 1. The summed E-state index contributed by atoms with van der Waals surface area (Å²) in [5.41, 5.74) is 5.04. The Morgan fingerprint density at radius 2 is 1.65 bits per heavy atom. The van der Waals surface area contributed by atoms with Crippen molar-refractivity contribution in [2.24, 2.45) is 0 Å². The van der Waals surface area contributed by atoms with Crippen molar-refractivity contribution in [3.05, 3.63) is 90.1 Å². The number of anilines is 1. The highest BCUT2D eigenvalue weighted by Gasteiger charge is 2.29. The van der Waals surface area contributed by atoms with Crippen molar-refractivity contribution in [3.63, 3.8) is 0 Å². The lowest BCUT2D eigenvalue weighted by Gasteiger charge is -2.37. The molecule has 1 amide bonds. The van der Waals surface area contributed by atoms with E-state index >= 15 is 0 Å². The van der Waals surface area contributed by atoms with Gasteiger partial charge < -0.3 is 19.9 Å². The Hall–Kier alpha value is -4.17. The van der Waals surface area contributed by atoms with Crippen molar-refractivity contribution in [1.82, 2.24) is 25.2 Å². The topological polar surface area (TPSA) is 75.5 Å². The predicted molar refractivity (Wildman–Crippen MR) is 143 cm³/mol. The maximum Gasteiger partial charge on any atom is 0.274 e. The summed E-state index contributed by atoms with van der Waals surface area (Å²) in [5.74, 6) is 0.650. The van der Waals surface area contributed by atoms with Crippen LogP contribution < -0.4 is 15.0 Å². The van der Waals surface area contributed by atoms with Gasteiger partial charge in [-0.25, -0.2) is 4.68 Å². The van der Waals surface area contributed by atoms with Gasteiger partial charge in [0.05, 0.1) is 11.7 Å². The molecule has 188 valence electrons. The molecular formula is C29H30N6O2. The largest absolute Gasteiger partial charge is 0.491 e. The second-order valence-corrected chi connectivity index (χ2v) is 9.63. The number of hydrogen-bond acceptors (Lipinski definition) is 6. The number of para-hydroxylation sites is 1. The van der Waals surface area contributed by atoms with Crippen LogP contribution in [0.5, 0.6) is 5.75 Å². The van der Waals surface area contributed by atoms with Crippen molar-refractivity contribution in [1.29, 1.82) is 0 Å². The van der Waals surface area contributed by atoms with E-state index in [0.29, 0.717) is 24.4 Å². The Labute approximate surface area is 216 Å². The summed E-state index contributed by atoms with van der Waals surface area (Å²) in [4.78, 5) is 18.4. The predicted octanol–water partition coefficient (Wildman–Crippen LogP) is 3.42. The van der Waals surface area contributed by atoms with E-state index in [-0.39, 0.29) is 11.9 Å². The quantitative estimate of drug-likeness (QED) is 0.458. The summed E-state index contributed by atoms with van der Waals surface area (Å²) < 4.78 is 7.85. The molecule has 1 aromatic heterocycles. The van der Waals surface area contributed by atoms with Crippen LogP contribution in [-0.4, -0.2) is 71.7 Å². The number of hydrogen-bond donors (Lipinski definition) is 1. The van der Waals surface area contributed by atoms with Crippen molar-refractivity contribution in [2.45, 2.75) is 12.5 Å². The number of fused-ring (bicyclic) bond motifs is 1. The first-order valence-corrected chi connectivity index (χ1v) is 12.7. The molecule has 4 aromatic rings. The van der Waals surface area contributed by atoms with Gasteiger partial charge in [-0.15, -0.1) is 5.10 Å². The molecule has 0 radical (unpaired) electrons. The third-order valence-corrected chi connectivity index (χ3v) is 7.11. The van der Waals surface area contributed by atoms with E-state index in [9.17, 15) is 4.79 Å². The van der Waals surface area contributed by atoms with Crippen molar-refractivity contribution in [2.75, 3.05) is 44.7 Å². The number of carbonyl (C=O) groups is 1. The molecule has 8 nitrogen and oxygen atoms in total. The minimum absolute atomic E-state index is 0.167. The zero-order chi connectivity index (χ0) is 25.2. The zero-order valence-corrected chi connectivity index (χ0v) is 20.9. The maximum atomic E-state index is 13.6. The molecule has 0 aliphatic carbocycles. The molecule has 0 bridgehead atoms. The Morgan fingerprint density at radius 3 is 2.41 bits per heavy atom. The molecule has 1 fully saturated rings. The smallest absolute Gasteiger partial charge is 0.274 e. The lowest BCUT2D eigenvalue weighted by Crippen LogP contribution is -2.46. The van der Waals surface area contributed by atoms with Crippen LogP contribution in [0.3, 0.4) is 0 Å². The number of amides is 1. The van der Waals surface area contributed by atoms with Crippen LogP contribution in [0.15, 0.2) is 78.9 Å². The standard InChI is InChI=1S/C29H30N6O2/c1-33-15-17-34(18-16-33)25-13-8-14-26-24(25)19-22(20-37-26)30-29(36)27-28(21-9-4-2-5-10-21)35(32-31-27)23-11-6-3-7-12-23/h2-14,22H,15-20H2,1H3,(H,30,36)/t22-/m0/s1. The highest BCUT2D eigenvalue weighted by Crippen LogP contribution is 2.34. The molecule has 37 heavy (non-hydrogen) atoms. The van der Waals surface area contributed by atoms with Gasteiger partial charge in [-0.3, -0.25) is 4.79 Å². The molecule has 0 spiro atoms. The number of benzene rings is 3. The number of nitrogens with zero attached hydrogens (tertiary/aromatic N) is 5. The van der Waals surface area contributed by atoms with E-state index < -0.39 is 0 Å². The fourth-order valence-corrected chi connectivity index (χ4v) is 5.12. The lowest BCUT2D eigenvalue weighted by molar-refractivity contribution is 0.0911. The summed E-state index contributed by atoms with van der Waals surface area (Å²) in [6, 6.07) is 25.6. The van der Waals surface area contributed by atoms with Crippen LogP contribution in [0, 0.1) is 0 Å². The molecule has 1 N–H and O–H groups in total. The van der Waals surface area contributed by atoms with Gasteiger partial charge in [-0.2, -0.15) is 0 Å². The molecule has 1 atom stereocenters. The first kappa shape index (κ1) is 23.2. The Morgan fingerprint density at radius 1 is 0.919 bits per heavy atom. The first-order valence-electron chi connectivity index (χ1n) is 12.7. The number of aromatic nitrogens is 3. The normalized spacial score (nSPS) is 17.6.